The lowest BCUT2D eigenvalue weighted by Crippen LogP contribution is -2.22. The molecule has 0 aliphatic carbocycles. The molecule has 7 nitrogen and oxygen atoms in total. The lowest BCUT2D eigenvalue weighted by Gasteiger charge is -2.05. The summed E-state index contributed by atoms with van der Waals surface area (Å²) in [5.74, 6) is -0.631. The number of carbonyl (C=O) groups is 2. The average Bonchev–Trinajstić information content (AvgIpc) is 3.01. The highest BCUT2D eigenvalue weighted by atomic mass is 32.2. The summed E-state index contributed by atoms with van der Waals surface area (Å²) < 4.78 is 31.5. The van der Waals surface area contributed by atoms with Gasteiger partial charge >= 0.3 is 5.97 Å². The van der Waals surface area contributed by atoms with Crippen molar-refractivity contribution in [2.45, 2.75) is 37.5 Å². The first-order valence-corrected chi connectivity index (χ1v) is 11.3. The van der Waals surface area contributed by atoms with Crippen molar-refractivity contribution in [3.63, 3.8) is 0 Å². The molecule has 30 heavy (non-hydrogen) atoms. The quantitative estimate of drug-likeness (QED) is 0.489. The van der Waals surface area contributed by atoms with Crippen molar-refractivity contribution >= 4 is 27.6 Å². The smallest absolute Gasteiger partial charge is 0.308 e. The second-order valence-corrected chi connectivity index (χ2v) is 8.62. The number of carbonyl (C=O) groups excluding carboxylic acids is 2. The number of esters is 1. The van der Waals surface area contributed by atoms with Gasteiger partial charge in [-0.15, -0.1) is 0 Å². The highest BCUT2D eigenvalue weighted by Crippen LogP contribution is 2.22. The number of fused-ring (bicyclic) bond motifs is 1. The number of benzene rings is 2. The zero-order chi connectivity index (χ0) is 21.6. The molecule has 0 unspecified atom stereocenters. The van der Waals surface area contributed by atoms with Crippen molar-refractivity contribution in [3.05, 3.63) is 65.2 Å². The maximum absolute atomic E-state index is 12.2. The predicted molar refractivity (Wildman–Crippen MR) is 113 cm³/mol. The minimum absolute atomic E-state index is 0.0470. The number of rotatable bonds is 9. The van der Waals surface area contributed by atoms with Crippen LogP contribution in [0.1, 0.15) is 47.7 Å². The SMILES string of the molecule is CCCCc1ccc(C(=O)COC(=O)CCN=C2NS(=O)(=O)c3ccccc32)cc1. The third-order valence-electron chi connectivity index (χ3n) is 4.71. The number of unbranched alkanes of at least 4 members (excludes halogenated alkanes) is 1. The Kier molecular flexibility index (Phi) is 6.99. The molecule has 8 heteroatoms. The van der Waals surface area contributed by atoms with Gasteiger partial charge in [-0.05, 0) is 30.5 Å². The zero-order valence-corrected chi connectivity index (χ0v) is 17.6. The van der Waals surface area contributed by atoms with Crippen molar-refractivity contribution < 1.29 is 22.7 Å². The molecule has 0 saturated heterocycles. The topological polar surface area (TPSA) is 102 Å². The van der Waals surface area contributed by atoms with Crippen LogP contribution in [-0.2, 0) is 26.0 Å². The summed E-state index contributed by atoms with van der Waals surface area (Å²) in [6.07, 6.45) is 3.13. The molecule has 1 N–H and O–H groups in total. The van der Waals surface area contributed by atoms with Crippen LogP contribution in [0.2, 0.25) is 0 Å². The predicted octanol–water partition coefficient (Wildman–Crippen LogP) is 2.88. The number of nitrogens with zero attached hydrogens (tertiary/aromatic N) is 1. The van der Waals surface area contributed by atoms with Gasteiger partial charge in [-0.25, -0.2) is 8.42 Å². The van der Waals surface area contributed by atoms with Gasteiger partial charge < -0.3 is 4.74 Å². The van der Waals surface area contributed by atoms with Gasteiger partial charge in [0.2, 0.25) is 0 Å². The normalized spacial score (nSPS) is 15.4. The molecule has 1 heterocycles. The molecule has 0 radical (unpaired) electrons. The van der Waals surface area contributed by atoms with Gasteiger partial charge in [0.05, 0.1) is 17.9 Å². The van der Waals surface area contributed by atoms with Crippen molar-refractivity contribution in [1.29, 1.82) is 0 Å². The molecule has 0 atom stereocenters. The number of sulfonamides is 1. The molecule has 0 fully saturated rings. The van der Waals surface area contributed by atoms with Gasteiger partial charge in [0.15, 0.2) is 12.4 Å². The number of aliphatic imine (C=N–C) groups is 1. The van der Waals surface area contributed by atoms with E-state index in [1.165, 1.54) is 11.6 Å². The van der Waals surface area contributed by atoms with Crippen molar-refractivity contribution in [2.75, 3.05) is 13.2 Å². The van der Waals surface area contributed by atoms with Crippen LogP contribution in [0, 0.1) is 0 Å². The fourth-order valence-corrected chi connectivity index (χ4v) is 4.30. The first kappa shape index (κ1) is 21.7. The Bertz CT molecular complexity index is 1060. The Balaban J connectivity index is 1.47. The van der Waals surface area contributed by atoms with Crippen LogP contribution < -0.4 is 4.72 Å². The van der Waals surface area contributed by atoms with Crippen molar-refractivity contribution in [1.82, 2.24) is 4.72 Å². The van der Waals surface area contributed by atoms with E-state index in [2.05, 4.69) is 16.6 Å². The van der Waals surface area contributed by atoms with Crippen LogP contribution in [0.5, 0.6) is 0 Å². The lowest BCUT2D eigenvalue weighted by molar-refractivity contribution is -0.142. The van der Waals surface area contributed by atoms with Gasteiger partial charge in [-0.3, -0.25) is 19.3 Å². The molecule has 0 saturated carbocycles. The minimum Gasteiger partial charge on any atom is -0.457 e. The maximum atomic E-state index is 12.2. The van der Waals surface area contributed by atoms with E-state index in [1.807, 2.05) is 12.1 Å². The number of hydrogen-bond acceptors (Lipinski definition) is 6. The van der Waals surface area contributed by atoms with E-state index in [4.69, 9.17) is 4.74 Å². The molecule has 0 amide bonds. The van der Waals surface area contributed by atoms with Crippen LogP contribution >= 0.6 is 0 Å². The second kappa shape index (κ2) is 9.67. The molecule has 0 spiro atoms. The third-order valence-corrected chi connectivity index (χ3v) is 6.10. The Morgan fingerprint density at radius 2 is 1.80 bits per heavy atom. The molecule has 2 aromatic rings. The van der Waals surface area contributed by atoms with Crippen LogP contribution in [0.3, 0.4) is 0 Å². The molecule has 2 aromatic carbocycles. The molecular weight excluding hydrogens is 404 g/mol. The highest BCUT2D eigenvalue weighted by molar-refractivity contribution is 7.90. The van der Waals surface area contributed by atoms with E-state index < -0.39 is 16.0 Å². The highest BCUT2D eigenvalue weighted by Gasteiger charge is 2.29. The van der Waals surface area contributed by atoms with E-state index in [0.29, 0.717) is 11.1 Å². The van der Waals surface area contributed by atoms with Crippen LogP contribution in [-0.4, -0.2) is 39.2 Å². The largest absolute Gasteiger partial charge is 0.457 e. The number of amidine groups is 1. The summed E-state index contributed by atoms with van der Waals surface area (Å²) >= 11 is 0. The zero-order valence-electron chi connectivity index (χ0n) is 16.8. The number of Topliss-reactive ketones (excluding diaryl/α,β-unsaturated/α-hetero) is 1. The lowest BCUT2D eigenvalue weighted by atomic mass is 10.0. The fraction of sp³-hybridized carbons (Fsp3) is 0.318. The van der Waals surface area contributed by atoms with Crippen LogP contribution in [0.25, 0.3) is 0 Å². The maximum Gasteiger partial charge on any atom is 0.308 e. The van der Waals surface area contributed by atoms with Gasteiger partial charge in [0.1, 0.15) is 5.84 Å². The monoisotopic (exact) mass is 428 g/mol. The van der Waals surface area contributed by atoms with Gasteiger partial charge in [-0.1, -0.05) is 49.7 Å². The first-order chi connectivity index (χ1) is 14.4. The standard InChI is InChI=1S/C22H24N2O5S/c1-2-3-6-16-9-11-17(12-10-16)19(25)15-29-21(26)13-14-23-22-18-7-4-5-8-20(18)30(27,28)24-22/h4-5,7-12H,2-3,6,13-15H2,1H3,(H,23,24). The van der Waals surface area contributed by atoms with Gasteiger partial charge in [0, 0.05) is 11.1 Å². The molecule has 1 aliphatic rings. The summed E-state index contributed by atoms with van der Waals surface area (Å²) in [4.78, 5) is 28.4. The van der Waals surface area contributed by atoms with Crippen molar-refractivity contribution in [2.24, 2.45) is 4.99 Å². The summed E-state index contributed by atoms with van der Waals surface area (Å²) in [5.41, 5.74) is 2.15. The van der Waals surface area contributed by atoms with Gasteiger partial charge in [-0.2, -0.15) is 0 Å². The molecule has 3 rings (SSSR count). The Labute approximate surface area is 176 Å². The summed E-state index contributed by atoms with van der Waals surface area (Å²) in [7, 11) is -3.61. The first-order valence-electron chi connectivity index (χ1n) is 9.85. The number of nitrogens with one attached hydrogen (secondary N) is 1. The van der Waals surface area contributed by atoms with E-state index >= 15 is 0 Å². The minimum atomic E-state index is -3.61. The number of aryl methyl sites for hydroxylation is 1. The number of ketones is 1. The van der Waals surface area contributed by atoms with Crippen LogP contribution in [0.15, 0.2) is 58.4 Å². The third kappa shape index (κ3) is 5.33. The van der Waals surface area contributed by atoms with E-state index in [9.17, 15) is 18.0 Å². The summed E-state index contributed by atoms with van der Waals surface area (Å²) in [5, 5.41) is 0. The average molecular weight is 429 g/mol. The Morgan fingerprint density at radius 1 is 1.07 bits per heavy atom. The molecular formula is C22H24N2O5S. The van der Waals surface area contributed by atoms with Crippen molar-refractivity contribution in [3.8, 4) is 0 Å². The summed E-state index contributed by atoms with van der Waals surface area (Å²) in [6.45, 7) is 1.84. The van der Waals surface area contributed by atoms with E-state index in [1.54, 1.807) is 30.3 Å². The fourth-order valence-electron chi connectivity index (χ4n) is 3.05. The number of ether oxygens (including phenoxy) is 1. The molecule has 158 valence electrons. The van der Waals surface area contributed by atoms with E-state index in [0.717, 1.165) is 19.3 Å². The molecule has 0 aromatic heterocycles. The Morgan fingerprint density at radius 3 is 2.53 bits per heavy atom. The molecule has 0 bridgehead atoms. The van der Waals surface area contributed by atoms with Crippen LogP contribution in [0.4, 0.5) is 0 Å². The second-order valence-electron chi connectivity index (χ2n) is 6.97. The molecule has 1 aliphatic heterocycles. The van der Waals surface area contributed by atoms with E-state index in [-0.39, 0.29) is 36.1 Å². The Hall–Kier alpha value is -3.00. The van der Waals surface area contributed by atoms with Gasteiger partial charge in [0.25, 0.3) is 10.0 Å². The summed E-state index contributed by atoms with van der Waals surface area (Å²) in [6, 6.07) is 13.8. The number of hydrogen-bond donors (Lipinski definition) is 1.